The lowest BCUT2D eigenvalue weighted by molar-refractivity contribution is -0.133. The highest BCUT2D eigenvalue weighted by Crippen LogP contribution is 2.31. The van der Waals surface area contributed by atoms with Crippen molar-refractivity contribution in [1.82, 2.24) is 14.9 Å². The van der Waals surface area contributed by atoms with E-state index in [4.69, 9.17) is 5.73 Å². The van der Waals surface area contributed by atoms with E-state index in [9.17, 15) is 13.6 Å². The van der Waals surface area contributed by atoms with Crippen molar-refractivity contribution in [3.63, 3.8) is 0 Å². The number of halogens is 2. The number of likely N-dealkylation sites (tertiary alicyclic amines) is 1. The van der Waals surface area contributed by atoms with Crippen molar-refractivity contribution in [2.75, 3.05) is 13.1 Å². The van der Waals surface area contributed by atoms with E-state index in [1.54, 1.807) is 23.4 Å². The predicted molar refractivity (Wildman–Crippen MR) is 90.3 cm³/mol. The molecule has 128 valence electrons. The number of amides is 1. The number of carbonyl (C=O) groups excluding carboxylic acids is 1. The molecule has 1 aromatic carbocycles. The number of carbonyl (C=O) groups is 1. The fraction of sp³-hybridized carbons (Fsp3) is 0.222. The number of nitrogens with one attached hydrogen (secondary N) is 1. The van der Waals surface area contributed by atoms with Crippen LogP contribution in [0.1, 0.15) is 15.9 Å². The highest BCUT2D eigenvalue weighted by molar-refractivity contribution is 6.10. The molecule has 3 aromatic rings. The van der Waals surface area contributed by atoms with Gasteiger partial charge in [-0.25, -0.2) is 13.8 Å². The molecule has 3 N–H and O–H groups in total. The van der Waals surface area contributed by atoms with Crippen LogP contribution in [-0.2, 0) is 6.54 Å². The van der Waals surface area contributed by atoms with Crippen LogP contribution in [0.5, 0.6) is 0 Å². The highest BCUT2D eigenvalue weighted by Gasteiger charge is 2.43. The Kier molecular flexibility index (Phi) is 3.54. The average molecular weight is 342 g/mol. The maximum atomic E-state index is 13.0. The molecule has 0 radical (unpaired) electrons. The maximum Gasteiger partial charge on any atom is 0.272 e. The lowest BCUT2D eigenvalue weighted by Crippen LogP contribution is -2.55. The normalized spacial score (nSPS) is 16.7. The van der Waals surface area contributed by atoms with Gasteiger partial charge in [-0.3, -0.25) is 9.69 Å². The van der Waals surface area contributed by atoms with Crippen LogP contribution in [0.2, 0.25) is 0 Å². The number of fused-ring (bicyclic) bond motifs is 1. The molecule has 5 nitrogen and oxygen atoms in total. The molecule has 3 heterocycles. The fourth-order valence-corrected chi connectivity index (χ4v) is 3.31. The maximum absolute atomic E-state index is 13.0. The number of benzene rings is 1. The smallest absolute Gasteiger partial charge is 0.272 e. The number of alkyl halides is 2. The second kappa shape index (κ2) is 5.63. The van der Waals surface area contributed by atoms with Gasteiger partial charge in [0, 0.05) is 29.9 Å². The van der Waals surface area contributed by atoms with Crippen LogP contribution in [-0.4, -0.2) is 39.8 Å². The Bertz CT molecular complexity index is 959. The molecule has 1 aliphatic heterocycles. The minimum atomic E-state index is -2.58. The Morgan fingerprint density at radius 1 is 1.32 bits per heavy atom. The average Bonchev–Trinajstić information content (AvgIpc) is 3.00. The zero-order chi connectivity index (χ0) is 17.6. The first kappa shape index (κ1) is 15.7. The highest BCUT2D eigenvalue weighted by atomic mass is 19.3. The fourth-order valence-electron chi connectivity index (χ4n) is 3.31. The van der Waals surface area contributed by atoms with Crippen LogP contribution in [0.15, 0.2) is 42.7 Å². The monoisotopic (exact) mass is 342 g/mol. The van der Waals surface area contributed by atoms with Crippen LogP contribution < -0.4 is 5.73 Å². The van der Waals surface area contributed by atoms with Crippen LogP contribution in [0.3, 0.4) is 0 Å². The van der Waals surface area contributed by atoms with E-state index in [2.05, 4.69) is 9.97 Å². The number of nitrogens with zero attached hydrogens (tertiary/aromatic N) is 2. The molecule has 0 saturated carbocycles. The van der Waals surface area contributed by atoms with E-state index >= 15 is 0 Å². The second-order valence-electron chi connectivity index (χ2n) is 6.35. The minimum absolute atomic E-state index is 0.222. The van der Waals surface area contributed by atoms with Crippen molar-refractivity contribution in [1.29, 1.82) is 0 Å². The molecule has 2 aromatic heterocycles. The Morgan fingerprint density at radius 2 is 2.12 bits per heavy atom. The Labute approximate surface area is 142 Å². The van der Waals surface area contributed by atoms with Gasteiger partial charge in [-0.2, -0.15) is 0 Å². The van der Waals surface area contributed by atoms with Gasteiger partial charge in [-0.15, -0.1) is 0 Å². The molecule has 0 spiro atoms. The minimum Gasteiger partial charge on any atom is -0.366 e. The largest absolute Gasteiger partial charge is 0.366 e. The summed E-state index contributed by atoms with van der Waals surface area (Å²) < 4.78 is 26.0. The van der Waals surface area contributed by atoms with Crippen molar-refractivity contribution >= 4 is 16.9 Å². The van der Waals surface area contributed by atoms with Gasteiger partial charge in [0.25, 0.3) is 5.92 Å². The summed E-state index contributed by atoms with van der Waals surface area (Å²) in [7, 11) is 0. The molecular formula is C18H16F2N4O. The van der Waals surface area contributed by atoms with Crippen molar-refractivity contribution < 1.29 is 13.6 Å². The van der Waals surface area contributed by atoms with Crippen molar-refractivity contribution in [3.8, 4) is 11.1 Å². The molecule has 1 saturated heterocycles. The lowest BCUT2D eigenvalue weighted by atomic mass is 9.97. The van der Waals surface area contributed by atoms with E-state index < -0.39 is 11.8 Å². The number of aromatic amines is 1. The van der Waals surface area contributed by atoms with Crippen LogP contribution in [0.25, 0.3) is 22.2 Å². The third-order valence-corrected chi connectivity index (χ3v) is 4.39. The first-order valence-corrected chi connectivity index (χ1v) is 7.88. The summed E-state index contributed by atoms with van der Waals surface area (Å²) >= 11 is 0. The van der Waals surface area contributed by atoms with E-state index in [0.29, 0.717) is 28.7 Å². The molecule has 0 atom stereocenters. The SMILES string of the molecule is NC(=O)c1c(-c2cccc(CN3CC(F)(F)C3)c2)cnc2[nH]ccc12. The molecule has 4 rings (SSSR count). The number of H-pyrrole nitrogens is 1. The molecule has 1 amide bonds. The van der Waals surface area contributed by atoms with Gasteiger partial charge in [-0.1, -0.05) is 18.2 Å². The first-order valence-electron chi connectivity index (χ1n) is 7.88. The van der Waals surface area contributed by atoms with Crippen molar-refractivity contribution in [3.05, 3.63) is 53.9 Å². The number of aromatic nitrogens is 2. The van der Waals surface area contributed by atoms with Gasteiger partial charge in [-0.05, 0) is 23.3 Å². The van der Waals surface area contributed by atoms with Crippen molar-refractivity contribution in [2.24, 2.45) is 5.73 Å². The number of hydrogen-bond donors (Lipinski definition) is 2. The Morgan fingerprint density at radius 3 is 2.84 bits per heavy atom. The van der Waals surface area contributed by atoms with E-state index in [1.807, 2.05) is 24.3 Å². The second-order valence-corrected chi connectivity index (χ2v) is 6.35. The Hall–Kier alpha value is -2.80. The molecular weight excluding hydrogens is 326 g/mol. The van der Waals surface area contributed by atoms with Gasteiger partial charge < -0.3 is 10.7 Å². The molecule has 1 fully saturated rings. The van der Waals surface area contributed by atoms with Gasteiger partial charge in [0.05, 0.1) is 18.7 Å². The summed E-state index contributed by atoms with van der Waals surface area (Å²) in [6.45, 7) is -0.00355. The molecule has 25 heavy (non-hydrogen) atoms. The standard InChI is InChI=1S/C18H16F2N4O/c19-18(20)9-24(10-18)8-11-2-1-3-12(6-11)14-7-23-17-13(4-5-22-17)15(14)16(21)25/h1-7H,8-10H2,(H2,21,25)(H,22,23). The summed E-state index contributed by atoms with van der Waals surface area (Å²) in [6, 6.07) is 9.23. The summed E-state index contributed by atoms with van der Waals surface area (Å²) in [6.07, 6.45) is 3.31. The zero-order valence-corrected chi connectivity index (χ0v) is 13.3. The van der Waals surface area contributed by atoms with Gasteiger partial charge in [0.1, 0.15) is 5.65 Å². The predicted octanol–water partition coefficient (Wildman–Crippen LogP) is 2.78. The number of hydrogen-bond acceptors (Lipinski definition) is 3. The van der Waals surface area contributed by atoms with Crippen LogP contribution in [0, 0.1) is 0 Å². The quantitative estimate of drug-likeness (QED) is 0.765. The Balaban J connectivity index is 1.70. The third-order valence-electron chi connectivity index (χ3n) is 4.39. The summed E-state index contributed by atoms with van der Waals surface area (Å²) in [5.41, 5.74) is 8.90. The zero-order valence-electron chi connectivity index (χ0n) is 13.3. The van der Waals surface area contributed by atoms with E-state index in [0.717, 1.165) is 11.1 Å². The van der Waals surface area contributed by atoms with Gasteiger partial charge in [0.2, 0.25) is 5.91 Å². The summed E-state index contributed by atoms with van der Waals surface area (Å²) in [5.74, 6) is -3.12. The molecule has 0 bridgehead atoms. The number of rotatable bonds is 4. The van der Waals surface area contributed by atoms with E-state index in [1.165, 1.54) is 0 Å². The van der Waals surface area contributed by atoms with Crippen molar-refractivity contribution in [2.45, 2.75) is 12.5 Å². The lowest BCUT2D eigenvalue weighted by Gasteiger charge is -2.38. The summed E-state index contributed by atoms with van der Waals surface area (Å²) in [5, 5.41) is 0.665. The number of nitrogens with two attached hydrogens (primary N) is 1. The topological polar surface area (TPSA) is 75.0 Å². The molecule has 1 aliphatic rings. The van der Waals surface area contributed by atoms with Gasteiger partial charge in [0.15, 0.2) is 0 Å². The molecule has 0 aliphatic carbocycles. The van der Waals surface area contributed by atoms with E-state index in [-0.39, 0.29) is 13.1 Å². The number of primary amides is 1. The van der Waals surface area contributed by atoms with Crippen LogP contribution in [0.4, 0.5) is 8.78 Å². The first-order chi connectivity index (χ1) is 11.9. The third kappa shape index (κ3) is 2.87. The molecule has 7 heteroatoms. The number of pyridine rings is 1. The summed E-state index contributed by atoms with van der Waals surface area (Å²) in [4.78, 5) is 20.9. The molecule has 0 unspecified atom stereocenters. The van der Waals surface area contributed by atoms with Crippen LogP contribution >= 0.6 is 0 Å². The van der Waals surface area contributed by atoms with Gasteiger partial charge >= 0.3 is 0 Å².